The van der Waals surface area contributed by atoms with Gasteiger partial charge in [-0.3, -0.25) is 4.79 Å². The minimum Gasteiger partial charge on any atom is -0.385 e. The van der Waals surface area contributed by atoms with E-state index in [1.165, 1.54) is 0 Å². The molecule has 1 unspecified atom stereocenters. The Kier molecular flexibility index (Phi) is 3.89. The van der Waals surface area contributed by atoms with Crippen LogP contribution in [0.5, 0.6) is 0 Å². The lowest BCUT2D eigenvalue weighted by atomic mass is 9.97. The zero-order chi connectivity index (χ0) is 14.9. The van der Waals surface area contributed by atoms with Gasteiger partial charge >= 0.3 is 0 Å². The van der Waals surface area contributed by atoms with Gasteiger partial charge in [0, 0.05) is 24.3 Å². The van der Waals surface area contributed by atoms with Crippen molar-refractivity contribution in [1.82, 2.24) is 5.32 Å². The summed E-state index contributed by atoms with van der Waals surface area (Å²) >= 11 is 0. The number of anilines is 1. The molecule has 6 heteroatoms. The van der Waals surface area contributed by atoms with Crippen LogP contribution < -0.4 is 10.6 Å². The third-order valence-electron chi connectivity index (χ3n) is 4.29. The van der Waals surface area contributed by atoms with E-state index in [0.29, 0.717) is 18.4 Å². The van der Waals surface area contributed by atoms with E-state index in [4.69, 9.17) is 0 Å². The Morgan fingerprint density at radius 3 is 2.95 bits per heavy atom. The minimum absolute atomic E-state index is 0.169. The van der Waals surface area contributed by atoms with Crippen LogP contribution in [0, 0.1) is 0 Å². The van der Waals surface area contributed by atoms with Crippen molar-refractivity contribution in [3.63, 3.8) is 0 Å². The Labute approximate surface area is 125 Å². The van der Waals surface area contributed by atoms with Crippen LogP contribution in [-0.2, 0) is 16.3 Å². The first-order chi connectivity index (χ1) is 10.1. The summed E-state index contributed by atoms with van der Waals surface area (Å²) in [6.07, 6.45) is 3.24. The maximum Gasteiger partial charge on any atom is 0.251 e. The zero-order valence-corrected chi connectivity index (χ0v) is 12.7. The number of sulfone groups is 1. The average molecular weight is 308 g/mol. The summed E-state index contributed by atoms with van der Waals surface area (Å²) in [7, 11) is -3.01. The fraction of sp³-hybridized carbons (Fsp3) is 0.533. The van der Waals surface area contributed by atoms with Gasteiger partial charge in [-0.1, -0.05) is 6.07 Å². The Morgan fingerprint density at radius 2 is 2.19 bits per heavy atom. The van der Waals surface area contributed by atoms with Crippen molar-refractivity contribution in [2.45, 2.75) is 30.9 Å². The molecule has 5 nitrogen and oxygen atoms in total. The van der Waals surface area contributed by atoms with E-state index in [1.807, 2.05) is 18.2 Å². The zero-order valence-electron chi connectivity index (χ0n) is 11.9. The van der Waals surface area contributed by atoms with Crippen molar-refractivity contribution in [1.29, 1.82) is 0 Å². The van der Waals surface area contributed by atoms with Gasteiger partial charge in [-0.15, -0.1) is 0 Å². The van der Waals surface area contributed by atoms with Crippen LogP contribution >= 0.6 is 0 Å². The molecule has 2 aliphatic heterocycles. The summed E-state index contributed by atoms with van der Waals surface area (Å²) in [4.78, 5) is 12.4. The number of fused-ring (bicyclic) bond motifs is 1. The van der Waals surface area contributed by atoms with Gasteiger partial charge in [0.25, 0.3) is 5.91 Å². The summed E-state index contributed by atoms with van der Waals surface area (Å²) < 4.78 is 23.6. The molecular weight excluding hydrogens is 288 g/mol. The SMILES string of the molecule is O=C(NCC1CCCS1(=O)=O)c1cccc2c1CCCN2. The number of carbonyl (C=O) groups is 1. The molecule has 0 aromatic heterocycles. The van der Waals surface area contributed by atoms with Gasteiger partial charge in [-0.05, 0) is 43.4 Å². The van der Waals surface area contributed by atoms with Crippen molar-refractivity contribution in [3.05, 3.63) is 29.3 Å². The summed E-state index contributed by atoms with van der Waals surface area (Å²) in [5, 5.41) is 5.68. The molecule has 1 aromatic carbocycles. The molecule has 1 amide bonds. The molecule has 21 heavy (non-hydrogen) atoms. The number of hydrogen-bond donors (Lipinski definition) is 2. The maximum absolute atomic E-state index is 12.4. The fourth-order valence-electron chi connectivity index (χ4n) is 3.11. The lowest BCUT2D eigenvalue weighted by molar-refractivity contribution is 0.0952. The van der Waals surface area contributed by atoms with Crippen molar-refractivity contribution in [2.75, 3.05) is 24.2 Å². The standard InChI is InChI=1S/C15H20N2O3S/c18-15(17-10-11-4-3-9-21(11,19)20)13-5-1-7-14-12(13)6-2-8-16-14/h1,5,7,11,16H,2-4,6,8-10H2,(H,17,18). The van der Waals surface area contributed by atoms with E-state index in [1.54, 1.807) is 0 Å². The summed E-state index contributed by atoms with van der Waals surface area (Å²) in [5.41, 5.74) is 2.72. The highest BCUT2D eigenvalue weighted by Gasteiger charge is 2.31. The van der Waals surface area contributed by atoms with Crippen LogP contribution in [0.1, 0.15) is 35.2 Å². The molecule has 0 radical (unpaired) electrons. The van der Waals surface area contributed by atoms with Crippen LogP contribution in [0.15, 0.2) is 18.2 Å². The molecule has 3 rings (SSSR count). The van der Waals surface area contributed by atoms with Crippen LogP contribution in [0.25, 0.3) is 0 Å². The number of hydrogen-bond acceptors (Lipinski definition) is 4. The largest absolute Gasteiger partial charge is 0.385 e. The fourth-order valence-corrected chi connectivity index (χ4v) is 4.88. The van der Waals surface area contributed by atoms with E-state index in [0.717, 1.165) is 30.6 Å². The second-order valence-electron chi connectivity index (χ2n) is 5.70. The Hall–Kier alpha value is -1.56. The van der Waals surface area contributed by atoms with Gasteiger partial charge in [0.1, 0.15) is 0 Å². The van der Waals surface area contributed by atoms with Crippen molar-refractivity contribution >= 4 is 21.4 Å². The number of rotatable bonds is 3. The van der Waals surface area contributed by atoms with Crippen molar-refractivity contribution in [2.24, 2.45) is 0 Å². The molecule has 2 aliphatic rings. The molecule has 2 N–H and O–H groups in total. The van der Waals surface area contributed by atoms with Crippen molar-refractivity contribution in [3.8, 4) is 0 Å². The highest BCUT2D eigenvalue weighted by molar-refractivity contribution is 7.92. The molecule has 0 aliphatic carbocycles. The Bertz CT molecular complexity index is 655. The van der Waals surface area contributed by atoms with Crippen molar-refractivity contribution < 1.29 is 13.2 Å². The van der Waals surface area contributed by atoms with Gasteiger partial charge in [0.15, 0.2) is 9.84 Å². The summed E-state index contributed by atoms with van der Waals surface area (Å²) in [6, 6.07) is 5.65. The quantitative estimate of drug-likeness (QED) is 0.884. The summed E-state index contributed by atoms with van der Waals surface area (Å²) in [6.45, 7) is 1.15. The highest BCUT2D eigenvalue weighted by atomic mass is 32.2. The number of benzene rings is 1. The lowest BCUT2D eigenvalue weighted by Crippen LogP contribution is -2.35. The van der Waals surface area contributed by atoms with Gasteiger partial charge in [-0.2, -0.15) is 0 Å². The van der Waals surface area contributed by atoms with Gasteiger partial charge < -0.3 is 10.6 Å². The third-order valence-corrected chi connectivity index (χ3v) is 6.57. The monoisotopic (exact) mass is 308 g/mol. The average Bonchev–Trinajstić information content (AvgIpc) is 2.83. The molecule has 0 saturated carbocycles. The van der Waals surface area contributed by atoms with Crippen LogP contribution in [0.2, 0.25) is 0 Å². The second kappa shape index (κ2) is 5.67. The van der Waals surface area contributed by atoms with E-state index in [9.17, 15) is 13.2 Å². The molecule has 114 valence electrons. The van der Waals surface area contributed by atoms with Gasteiger partial charge in [-0.25, -0.2) is 8.42 Å². The molecular formula is C15H20N2O3S. The normalized spacial score (nSPS) is 23.1. The smallest absolute Gasteiger partial charge is 0.251 e. The molecule has 1 fully saturated rings. The lowest BCUT2D eigenvalue weighted by Gasteiger charge is -2.21. The first kappa shape index (κ1) is 14.4. The van der Waals surface area contributed by atoms with Crippen LogP contribution in [0.4, 0.5) is 5.69 Å². The molecule has 0 spiro atoms. The highest BCUT2D eigenvalue weighted by Crippen LogP contribution is 2.25. The second-order valence-corrected chi connectivity index (χ2v) is 8.10. The number of nitrogens with one attached hydrogen (secondary N) is 2. The minimum atomic E-state index is -3.01. The molecule has 1 aromatic rings. The van der Waals surface area contributed by atoms with Crippen LogP contribution in [-0.4, -0.2) is 38.4 Å². The Morgan fingerprint density at radius 1 is 1.33 bits per heavy atom. The number of amides is 1. The third kappa shape index (κ3) is 2.90. The first-order valence-electron chi connectivity index (χ1n) is 7.43. The molecule has 1 atom stereocenters. The maximum atomic E-state index is 12.4. The topological polar surface area (TPSA) is 75.3 Å². The first-order valence-corrected chi connectivity index (χ1v) is 9.15. The molecule has 0 bridgehead atoms. The van der Waals surface area contributed by atoms with E-state index >= 15 is 0 Å². The number of carbonyl (C=O) groups excluding carboxylic acids is 1. The van der Waals surface area contributed by atoms with E-state index < -0.39 is 15.1 Å². The van der Waals surface area contributed by atoms with Gasteiger partial charge in [0.05, 0.1) is 11.0 Å². The summed E-state index contributed by atoms with van der Waals surface area (Å²) in [5.74, 6) is 0.0794. The predicted octanol–water partition coefficient (Wildman–Crippen LogP) is 1.35. The predicted molar refractivity (Wildman–Crippen MR) is 82.4 cm³/mol. The van der Waals surface area contributed by atoms with Gasteiger partial charge in [0.2, 0.25) is 0 Å². The van der Waals surface area contributed by atoms with E-state index in [2.05, 4.69) is 10.6 Å². The van der Waals surface area contributed by atoms with Crippen LogP contribution in [0.3, 0.4) is 0 Å². The molecule has 1 saturated heterocycles. The molecule has 2 heterocycles. The van der Waals surface area contributed by atoms with E-state index in [-0.39, 0.29) is 18.2 Å². The Balaban J connectivity index is 1.72.